The number of carbonyl (C=O) groups excluding carboxylic acids is 2. The van der Waals surface area contributed by atoms with Crippen LogP contribution in [0.25, 0.3) is 0 Å². The molecule has 1 aromatic heterocycles. The Hall–Kier alpha value is -2.11. The first-order chi connectivity index (χ1) is 16.3. The number of rotatable bonds is 7. The summed E-state index contributed by atoms with van der Waals surface area (Å²) in [6, 6.07) is 4.91. The quantitative estimate of drug-likeness (QED) is 0.454. The molecule has 0 unspecified atom stereocenters. The zero-order chi connectivity index (χ0) is 24.3. The number of anilines is 1. The Kier molecular flexibility index (Phi) is 7.54. The van der Waals surface area contributed by atoms with Crippen molar-refractivity contribution in [3.63, 3.8) is 0 Å². The van der Waals surface area contributed by atoms with Gasteiger partial charge in [0.2, 0.25) is 0 Å². The van der Waals surface area contributed by atoms with E-state index in [1.807, 2.05) is 42.1 Å². The Bertz CT molecular complexity index is 1170. The Morgan fingerprint density at radius 2 is 1.85 bits per heavy atom. The molecule has 2 heterocycles. The number of amides is 3. The maximum Gasteiger partial charge on any atom is 0.328 e. The smallest absolute Gasteiger partial charge is 0.328 e. The fourth-order valence-corrected chi connectivity index (χ4v) is 8.80. The Morgan fingerprint density at radius 3 is 2.53 bits per heavy atom. The molecule has 1 aliphatic carbocycles. The van der Waals surface area contributed by atoms with Crippen molar-refractivity contribution in [3.8, 4) is 0 Å². The SMILES string of the molecule is CCCCNC(=O)NS(=O)(=O)c1ccc(NC(=O)c2oc3c(c2C)C2(CCC3)SCCS2)cc1. The molecule has 0 bridgehead atoms. The summed E-state index contributed by atoms with van der Waals surface area (Å²) >= 11 is 3.89. The van der Waals surface area contributed by atoms with Crippen LogP contribution in [0.2, 0.25) is 0 Å². The van der Waals surface area contributed by atoms with Gasteiger partial charge in [0.05, 0.1) is 8.97 Å². The third-order valence-electron chi connectivity index (χ3n) is 5.94. The molecular weight excluding hydrogens is 494 g/mol. The van der Waals surface area contributed by atoms with E-state index in [9.17, 15) is 18.0 Å². The minimum absolute atomic E-state index is 0.00840. The molecule has 0 radical (unpaired) electrons. The molecular formula is C23H29N3O5S3. The second-order valence-corrected chi connectivity index (χ2v) is 13.1. The van der Waals surface area contributed by atoms with Crippen LogP contribution in [0, 0.1) is 6.92 Å². The van der Waals surface area contributed by atoms with Gasteiger partial charge in [-0.05, 0) is 50.5 Å². The van der Waals surface area contributed by atoms with E-state index < -0.39 is 16.1 Å². The third-order valence-corrected chi connectivity index (χ3v) is 10.8. The summed E-state index contributed by atoms with van der Waals surface area (Å²) in [7, 11) is -4.01. The first-order valence-electron chi connectivity index (χ1n) is 11.4. The van der Waals surface area contributed by atoms with Gasteiger partial charge in [0.25, 0.3) is 15.9 Å². The van der Waals surface area contributed by atoms with E-state index in [-0.39, 0.29) is 14.9 Å². The molecule has 1 saturated heterocycles. The summed E-state index contributed by atoms with van der Waals surface area (Å²) in [6.45, 7) is 4.32. The lowest BCUT2D eigenvalue weighted by Crippen LogP contribution is -2.39. The first-order valence-corrected chi connectivity index (χ1v) is 14.8. The van der Waals surface area contributed by atoms with E-state index in [4.69, 9.17) is 4.42 Å². The molecule has 3 N–H and O–H groups in total. The molecule has 2 aliphatic rings. The lowest BCUT2D eigenvalue weighted by atomic mass is 9.94. The highest BCUT2D eigenvalue weighted by molar-refractivity contribution is 8.20. The maximum atomic E-state index is 13.0. The van der Waals surface area contributed by atoms with E-state index in [0.29, 0.717) is 18.0 Å². The van der Waals surface area contributed by atoms with Crippen LogP contribution < -0.4 is 15.4 Å². The summed E-state index contributed by atoms with van der Waals surface area (Å²) in [6.07, 6.45) is 4.61. The van der Waals surface area contributed by atoms with Crippen molar-refractivity contribution in [2.75, 3.05) is 23.4 Å². The highest BCUT2D eigenvalue weighted by Crippen LogP contribution is 2.59. The van der Waals surface area contributed by atoms with Gasteiger partial charge in [-0.3, -0.25) is 4.79 Å². The third kappa shape index (κ3) is 5.11. The summed E-state index contributed by atoms with van der Waals surface area (Å²) in [4.78, 5) is 24.7. The van der Waals surface area contributed by atoms with E-state index in [2.05, 4.69) is 10.6 Å². The molecule has 4 rings (SSSR count). The Labute approximate surface area is 208 Å². The number of furan rings is 1. The van der Waals surface area contributed by atoms with E-state index in [1.165, 1.54) is 29.8 Å². The molecule has 11 heteroatoms. The van der Waals surface area contributed by atoms with Gasteiger partial charge in [-0.15, -0.1) is 23.5 Å². The van der Waals surface area contributed by atoms with Crippen LogP contribution in [-0.2, 0) is 20.5 Å². The lowest BCUT2D eigenvalue weighted by Gasteiger charge is -2.31. The fraction of sp³-hybridized carbons (Fsp3) is 0.478. The van der Waals surface area contributed by atoms with Crippen LogP contribution in [0.4, 0.5) is 10.5 Å². The van der Waals surface area contributed by atoms with Crippen molar-refractivity contribution in [3.05, 3.63) is 46.9 Å². The predicted molar refractivity (Wildman–Crippen MR) is 136 cm³/mol. The number of benzene rings is 1. The molecule has 0 atom stereocenters. The average Bonchev–Trinajstić information content (AvgIpc) is 3.39. The summed E-state index contributed by atoms with van der Waals surface area (Å²) in [5.74, 6) is 3.04. The standard InChI is InChI=1S/C23H29N3O5S3/c1-3-4-12-24-22(28)26-34(29,30)17-9-7-16(8-10-17)25-21(27)20-15(2)19-18(31-20)6-5-11-23(19)32-13-14-33-23/h7-10H,3-6,11-14H2,1-2H3,(H,25,27)(H2,24,26,28). The molecule has 2 aromatic rings. The number of aryl methyl sites for hydroxylation is 1. The van der Waals surface area contributed by atoms with Gasteiger partial charge in [0.15, 0.2) is 5.76 Å². The lowest BCUT2D eigenvalue weighted by molar-refractivity contribution is 0.0994. The van der Waals surface area contributed by atoms with Crippen molar-refractivity contribution in [1.29, 1.82) is 0 Å². The van der Waals surface area contributed by atoms with Crippen molar-refractivity contribution in [2.45, 2.75) is 54.9 Å². The molecule has 8 nitrogen and oxygen atoms in total. The Morgan fingerprint density at radius 1 is 1.15 bits per heavy atom. The number of nitrogens with one attached hydrogen (secondary N) is 3. The zero-order valence-corrected chi connectivity index (χ0v) is 21.7. The van der Waals surface area contributed by atoms with Gasteiger partial charge in [0.1, 0.15) is 5.76 Å². The average molecular weight is 524 g/mol. The largest absolute Gasteiger partial charge is 0.455 e. The van der Waals surface area contributed by atoms with E-state index in [0.717, 1.165) is 54.9 Å². The normalized spacial score (nSPS) is 16.8. The molecule has 1 aromatic carbocycles. The molecule has 1 spiro atoms. The van der Waals surface area contributed by atoms with Crippen LogP contribution in [-0.4, -0.2) is 38.4 Å². The van der Waals surface area contributed by atoms with Crippen LogP contribution in [0.15, 0.2) is 33.6 Å². The Balaban J connectivity index is 1.45. The number of hydrogen-bond acceptors (Lipinski definition) is 7. The highest BCUT2D eigenvalue weighted by Gasteiger charge is 2.45. The fourth-order valence-electron chi connectivity index (χ4n) is 4.32. The minimum atomic E-state index is -4.01. The van der Waals surface area contributed by atoms with Gasteiger partial charge in [-0.25, -0.2) is 17.9 Å². The second-order valence-electron chi connectivity index (χ2n) is 8.35. The van der Waals surface area contributed by atoms with Gasteiger partial charge in [-0.1, -0.05) is 13.3 Å². The van der Waals surface area contributed by atoms with Crippen LogP contribution in [0.5, 0.6) is 0 Å². The second kappa shape index (κ2) is 10.2. The maximum absolute atomic E-state index is 13.0. The molecule has 34 heavy (non-hydrogen) atoms. The molecule has 0 saturated carbocycles. The van der Waals surface area contributed by atoms with Gasteiger partial charge >= 0.3 is 6.03 Å². The summed E-state index contributed by atoms with van der Waals surface area (Å²) in [5.41, 5.74) is 2.48. The highest BCUT2D eigenvalue weighted by atomic mass is 32.2. The molecule has 3 amide bonds. The molecule has 1 fully saturated rings. The van der Waals surface area contributed by atoms with E-state index >= 15 is 0 Å². The van der Waals surface area contributed by atoms with Crippen molar-refractivity contribution in [2.24, 2.45) is 0 Å². The summed E-state index contributed by atoms with van der Waals surface area (Å²) in [5, 5.41) is 5.31. The van der Waals surface area contributed by atoms with Gasteiger partial charge in [0, 0.05) is 41.3 Å². The molecule has 184 valence electrons. The van der Waals surface area contributed by atoms with Crippen molar-refractivity contribution in [1.82, 2.24) is 10.0 Å². The molecule has 1 aliphatic heterocycles. The van der Waals surface area contributed by atoms with E-state index in [1.54, 1.807) is 0 Å². The van der Waals surface area contributed by atoms with Crippen molar-refractivity contribution >= 4 is 51.2 Å². The van der Waals surface area contributed by atoms with Gasteiger partial charge < -0.3 is 15.1 Å². The summed E-state index contributed by atoms with van der Waals surface area (Å²) < 4.78 is 32.9. The van der Waals surface area contributed by atoms with Crippen molar-refractivity contribution < 1.29 is 22.4 Å². The number of unbranched alkanes of at least 4 members (excludes halogenated alkanes) is 1. The van der Waals surface area contributed by atoms with Gasteiger partial charge in [-0.2, -0.15) is 0 Å². The van der Waals surface area contributed by atoms with Crippen LogP contribution in [0.3, 0.4) is 0 Å². The zero-order valence-electron chi connectivity index (χ0n) is 19.2. The monoisotopic (exact) mass is 523 g/mol. The number of sulfonamides is 1. The topological polar surface area (TPSA) is 118 Å². The minimum Gasteiger partial charge on any atom is -0.455 e. The number of fused-ring (bicyclic) bond motifs is 2. The number of thioether (sulfide) groups is 2. The first kappa shape index (κ1) is 25.0. The number of carbonyl (C=O) groups is 2. The van der Waals surface area contributed by atoms with Crippen LogP contribution >= 0.6 is 23.5 Å². The predicted octanol–water partition coefficient (Wildman–Crippen LogP) is 4.60. The number of urea groups is 1. The number of hydrogen-bond donors (Lipinski definition) is 3. The van der Waals surface area contributed by atoms with Crippen LogP contribution in [0.1, 0.15) is 60.0 Å².